The number of phosphoric acid groups is 1. The molecule has 1 aliphatic rings. The number of alkyl halides is 6. The lowest BCUT2D eigenvalue weighted by molar-refractivity contribution is -0.272. The van der Waals surface area contributed by atoms with Gasteiger partial charge in [0.25, 0.3) is 0 Å². The van der Waals surface area contributed by atoms with Gasteiger partial charge in [0.05, 0.1) is 38.7 Å². The number of carbonyl (C=O) groups is 6. The highest BCUT2D eigenvalue weighted by Crippen LogP contribution is 2.53. The summed E-state index contributed by atoms with van der Waals surface area (Å²) in [4.78, 5) is 85.4. The third-order valence-electron chi connectivity index (χ3n) is 17.5. The highest BCUT2D eigenvalue weighted by molar-refractivity contribution is 7.49. The van der Waals surface area contributed by atoms with Crippen molar-refractivity contribution >= 4 is 113 Å². The predicted molar refractivity (Wildman–Crippen MR) is 415 cm³/mol. The van der Waals surface area contributed by atoms with Crippen molar-refractivity contribution in [2.24, 2.45) is 0 Å². The maximum absolute atomic E-state index is 15.8. The van der Waals surface area contributed by atoms with Crippen LogP contribution < -0.4 is 19.7 Å². The number of para-hydroxylation sites is 2. The average Bonchev–Trinajstić information content (AvgIpc) is 0.770. The minimum Gasteiger partial charge on any atom is -0.462 e. The third kappa shape index (κ3) is 41.5. The van der Waals surface area contributed by atoms with Gasteiger partial charge in [0.2, 0.25) is 13.5 Å². The van der Waals surface area contributed by atoms with Crippen molar-refractivity contribution in [3.8, 4) is 11.5 Å². The first-order valence-corrected chi connectivity index (χ1v) is 41.9. The monoisotopic (exact) mass is 1630 g/mol. The second-order valence-electron chi connectivity index (χ2n) is 27.4. The van der Waals surface area contributed by atoms with Crippen molar-refractivity contribution in [3.05, 3.63) is 96.6 Å². The van der Waals surface area contributed by atoms with Crippen LogP contribution in [0, 0.1) is 0 Å². The number of esters is 3. The second-order valence-corrected chi connectivity index (χ2v) is 33.7. The van der Waals surface area contributed by atoms with E-state index in [9.17, 15) is 24.0 Å². The summed E-state index contributed by atoms with van der Waals surface area (Å²) in [5.41, 5.74) is -1.04. The van der Waals surface area contributed by atoms with Crippen LogP contribution in [0.25, 0.3) is 0 Å². The van der Waals surface area contributed by atoms with Gasteiger partial charge in [-0.3, -0.25) is 23.7 Å². The molecule has 2 N–H and O–H groups in total. The standard InChI is InChI=1S/C78H117Cl6N2O19P/c1-7-11-15-19-21-23-25-27-34-48-63(98-67(88)50-40-17-13-9-3)52-66(87)85-60(55-94-54-59-42-32-29-33-43-59)56-95-73-70(86-74(91)97-58-77(79,80)81)72(101-69(90)53-64(99-68(89)51-41-18-14-10-4)49-35-28-26-24-22-20-16-12-8-2)71(65(100-73)57-96-75(92)102-76(5,6)78(82,83)84)105-106(93,103-61-44-36-30-37-45-61)104-62-46-38-31-39-47-62/h29-33,36-39,42-47,60,63-65,70-73H,7-28,34-35,40-41,48-58H2,1-6H3,(H,85,87)(H,86,91)/t60-,63-,64-,65-,70+,71-,72-,73+/m1/s1. The van der Waals surface area contributed by atoms with Gasteiger partial charge in [-0.1, -0.05) is 305 Å². The largest absolute Gasteiger partial charge is 0.588 e. The van der Waals surface area contributed by atoms with E-state index in [-0.39, 0.29) is 50.4 Å². The number of carbonyl (C=O) groups excluding carboxylic acids is 6. The molecule has 21 nitrogen and oxygen atoms in total. The van der Waals surface area contributed by atoms with Gasteiger partial charge in [0, 0.05) is 12.8 Å². The number of halogens is 6. The molecule has 0 spiro atoms. The van der Waals surface area contributed by atoms with Gasteiger partial charge >= 0.3 is 38.0 Å². The molecule has 2 amide bonds. The van der Waals surface area contributed by atoms with Gasteiger partial charge in [-0.15, -0.1) is 0 Å². The highest BCUT2D eigenvalue weighted by Gasteiger charge is 2.55. The summed E-state index contributed by atoms with van der Waals surface area (Å²) >= 11 is 37.2. The molecule has 600 valence electrons. The molecule has 1 fully saturated rings. The first-order valence-electron chi connectivity index (χ1n) is 38.2. The zero-order valence-corrected chi connectivity index (χ0v) is 68.3. The third-order valence-corrected chi connectivity index (χ3v) is 20.6. The van der Waals surface area contributed by atoms with E-state index in [4.69, 9.17) is 126 Å². The summed E-state index contributed by atoms with van der Waals surface area (Å²) < 4.78 is 85.4. The zero-order valence-electron chi connectivity index (χ0n) is 62.9. The molecule has 1 saturated heterocycles. The average molecular weight is 1630 g/mol. The van der Waals surface area contributed by atoms with E-state index in [1.807, 2.05) is 30.3 Å². The van der Waals surface area contributed by atoms with Crippen LogP contribution in [-0.2, 0) is 77.5 Å². The second kappa shape index (κ2) is 53.4. The quantitative estimate of drug-likeness (QED) is 0.0175. The molecule has 8 atom stereocenters. The van der Waals surface area contributed by atoms with Crippen molar-refractivity contribution < 1.29 is 89.5 Å². The Kier molecular flexibility index (Phi) is 47.3. The van der Waals surface area contributed by atoms with Crippen molar-refractivity contribution in [1.82, 2.24) is 10.6 Å². The molecule has 0 saturated carbocycles. The fourth-order valence-corrected chi connectivity index (χ4v) is 13.3. The number of benzene rings is 3. The Labute approximate surface area is 659 Å². The number of unbranched alkanes of at least 4 members (excludes halogenated alkanes) is 22. The number of ether oxygens (including phenoxy) is 9. The molecule has 0 radical (unpaired) electrons. The van der Waals surface area contributed by atoms with Crippen LogP contribution in [0.2, 0.25) is 0 Å². The van der Waals surface area contributed by atoms with Gasteiger partial charge in [-0.05, 0) is 82.2 Å². The van der Waals surface area contributed by atoms with E-state index in [1.54, 1.807) is 36.4 Å². The summed E-state index contributed by atoms with van der Waals surface area (Å²) in [7, 11) is -5.19. The Bertz CT molecular complexity index is 2910. The van der Waals surface area contributed by atoms with Crippen LogP contribution in [-0.4, -0.2) is 125 Å². The molecule has 0 aromatic heterocycles. The van der Waals surface area contributed by atoms with Gasteiger partial charge in [0.1, 0.15) is 55.2 Å². The predicted octanol–water partition coefficient (Wildman–Crippen LogP) is 21.1. The molecule has 1 aliphatic heterocycles. The molecule has 3 aromatic carbocycles. The lowest BCUT2D eigenvalue weighted by Gasteiger charge is -2.45. The number of amides is 2. The lowest BCUT2D eigenvalue weighted by Crippen LogP contribution is -2.67. The zero-order chi connectivity index (χ0) is 77.5. The molecule has 0 bridgehead atoms. The van der Waals surface area contributed by atoms with Crippen molar-refractivity contribution in [3.63, 3.8) is 0 Å². The Balaban J connectivity index is 1.92. The van der Waals surface area contributed by atoms with E-state index >= 15 is 9.36 Å². The van der Waals surface area contributed by atoms with E-state index in [0.29, 0.717) is 32.1 Å². The van der Waals surface area contributed by atoms with Crippen LogP contribution in [0.5, 0.6) is 11.5 Å². The molecule has 3 aromatic rings. The van der Waals surface area contributed by atoms with E-state index in [1.165, 1.54) is 63.8 Å². The summed E-state index contributed by atoms with van der Waals surface area (Å²) in [6, 6.07) is 21.9. The van der Waals surface area contributed by atoms with Crippen molar-refractivity contribution in [2.45, 2.75) is 316 Å². The number of hydrogen-bond donors (Lipinski definition) is 2. The smallest absolute Gasteiger partial charge is 0.462 e. The summed E-state index contributed by atoms with van der Waals surface area (Å²) in [6.07, 6.45) is 12.9. The first-order chi connectivity index (χ1) is 50.7. The maximum atomic E-state index is 15.8. The fourth-order valence-electron chi connectivity index (χ4n) is 11.6. The fraction of sp³-hybridized carbons (Fsp3) is 0.692. The minimum absolute atomic E-state index is 0.0303. The van der Waals surface area contributed by atoms with E-state index in [0.717, 1.165) is 121 Å². The number of hydrogen-bond acceptors (Lipinski definition) is 19. The van der Waals surface area contributed by atoms with Crippen LogP contribution in [0.15, 0.2) is 91.0 Å². The number of phosphoric ester groups is 1. The Morgan fingerprint density at radius 1 is 0.538 bits per heavy atom. The Morgan fingerprint density at radius 3 is 1.46 bits per heavy atom. The SMILES string of the molecule is CCCCCCCCCCC[C@H](CC(=O)N[C@H](COCc1ccccc1)CO[C@H]1O[C@H](COC(=O)OC(C)(C)C(Cl)(Cl)Cl)[C@@H](OP(=O)(Oc2ccccc2)Oc2ccccc2)[C@H](OC(=O)C[C@@H](CCCCCCCCCCC)OC(=O)CCCCCC)[C@@H]1NC(=O)OCC(Cl)(Cl)Cl)OC(=O)CCCCCC. The Morgan fingerprint density at radius 2 is 0.991 bits per heavy atom. The number of rotatable bonds is 56. The van der Waals surface area contributed by atoms with Crippen LogP contribution in [0.1, 0.15) is 253 Å². The first kappa shape index (κ1) is 93.9. The number of nitrogens with one attached hydrogen (secondary N) is 2. The topological polar surface area (TPSA) is 254 Å². The van der Waals surface area contributed by atoms with Crippen LogP contribution in [0.4, 0.5) is 9.59 Å². The van der Waals surface area contributed by atoms with Gasteiger partial charge in [-0.2, -0.15) is 0 Å². The highest BCUT2D eigenvalue weighted by atomic mass is 35.6. The summed E-state index contributed by atoms with van der Waals surface area (Å²) in [5, 5.41) is 5.64. The molecule has 1 heterocycles. The molecular formula is C78H117Cl6N2O19P. The lowest BCUT2D eigenvalue weighted by atomic mass is 9.96. The normalized spacial score (nSPS) is 17.1. The van der Waals surface area contributed by atoms with Crippen LogP contribution in [0.3, 0.4) is 0 Å². The Hall–Kier alpha value is -4.51. The van der Waals surface area contributed by atoms with Crippen LogP contribution >= 0.6 is 77.4 Å². The molecule has 28 heteroatoms. The van der Waals surface area contributed by atoms with Gasteiger partial charge in [-0.25, -0.2) is 14.2 Å². The maximum Gasteiger partial charge on any atom is 0.588 e. The molecule has 4 rings (SSSR count). The molecule has 0 aliphatic carbocycles. The summed E-state index contributed by atoms with van der Waals surface area (Å²) in [5.74, 6) is -2.56. The van der Waals surface area contributed by atoms with Gasteiger partial charge in [0.15, 0.2) is 18.0 Å². The minimum atomic E-state index is -5.19. The summed E-state index contributed by atoms with van der Waals surface area (Å²) in [6.45, 7) is 8.69. The van der Waals surface area contributed by atoms with E-state index in [2.05, 4.69) is 38.3 Å². The molecule has 106 heavy (non-hydrogen) atoms. The van der Waals surface area contributed by atoms with Crippen molar-refractivity contribution in [1.29, 1.82) is 0 Å². The van der Waals surface area contributed by atoms with Gasteiger partial charge < -0.3 is 62.3 Å². The van der Waals surface area contributed by atoms with Crippen molar-refractivity contribution in [2.75, 3.05) is 26.4 Å². The van der Waals surface area contributed by atoms with E-state index < -0.39 is 132 Å². The molecular weight excluding hydrogens is 1510 g/mol. The number of alkyl carbamates (subject to hydrolysis) is 1. The molecule has 0 unspecified atom stereocenters.